The van der Waals surface area contributed by atoms with Crippen molar-refractivity contribution >= 4 is 34.8 Å². The Morgan fingerprint density at radius 1 is 0.821 bits per heavy atom. The Bertz CT molecular complexity index is 893. The Balaban J connectivity index is 2.27. The Morgan fingerprint density at radius 3 is 1.82 bits per heavy atom. The molecule has 0 aromatic heterocycles. The minimum atomic E-state index is -5.08. The van der Waals surface area contributed by atoms with Crippen LogP contribution in [0.5, 0.6) is 0 Å². The second kappa shape index (κ2) is 7.70. The van der Waals surface area contributed by atoms with Crippen LogP contribution in [0.2, 0.25) is 5.02 Å². The fraction of sp³-hybridized carbons (Fsp3) is 0.176. The van der Waals surface area contributed by atoms with Crippen molar-refractivity contribution in [2.75, 3.05) is 10.6 Å². The van der Waals surface area contributed by atoms with E-state index < -0.39 is 41.0 Å². The molecule has 0 radical (unpaired) electrons. The van der Waals surface area contributed by atoms with Gasteiger partial charge in [0.05, 0.1) is 11.1 Å². The van der Waals surface area contributed by atoms with Gasteiger partial charge in [-0.05, 0) is 42.8 Å². The molecule has 0 saturated heterocycles. The SMILES string of the molecule is Cc1ccc(Cl)cc1NC(=O)C(=O)Nc1cc(C(F)(F)F)cc(C(F)(F)F)c1. The maximum Gasteiger partial charge on any atom is 0.416 e. The van der Waals surface area contributed by atoms with Gasteiger partial charge in [0.2, 0.25) is 0 Å². The lowest BCUT2D eigenvalue weighted by Crippen LogP contribution is -2.29. The van der Waals surface area contributed by atoms with E-state index in [1.165, 1.54) is 18.2 Å². The zero-order chi connectivity index (χ0) is 21.3. The van der Waals surface area contributed by atoms with Crippen LogP contribution in [0, 0.1) is 6.92 Å². The highest BCUT2D eigenvalue weighted by Crippen LogP contribution is 2.37. The largest absolute Gasteiger partial charge is 0.416 e. The summed E-state index contributed by atoms with van der Waals surface area (Å²) in [4.78, 5) is 23.8. The highest BCUT2D eigenvalue weighted by Gasteiger charge is 2.37. The lowest BCUT2D eigenvalue weighted by molar-refractivity contribution is -0.143. The second-order valence-corrected chi connectivity index (χ2v) is 6.10. The molecule has 0 fully saturated rings. The maximum atomic E-state index is 12.8. The molecule has 2 N–H and O–H groups in total. The van der Waals surface area contributed by atoms with Gasteiger partial charge in [-0.25, -0.2) is 0 Å². The van der Waals surface area contributed by atoms with Crippen molar-refractivity contribution in [2.24, 2.45) is 0 Å². The zero-order valence-electron chi connectivity index (χ0n) is 13.9. The van der Waals surface area contributed by atoms with Crippen LogP contribution >= 0.6 is 11.6 Å². The summed E-state index contributed by atoms with van der Waals surface area (Å²) in [6.45, 7) is 1.59. The summed E-state index contributed by atoms with van der Waals surface area (Å²) >= 11 is 5.76. The van der Waals surface area contributed by atoms with Crippen LogP contribution in [0.4, 0.5) is 37.7 Å². The quantitative estimate of drug-likeness (QED) is 0.510. The van der Waals surface area contributed by atoms with Crippen molar-refractivity contribution in [1.29, 1.82) is 0 Å². The fourth-order valence-electron chi connectivity index (χ4n) is 2.12. The summed E-state index contributed by atoms with van der Waals surface area (Å²) in [6.07, 6.45) is -10.2. The topological polar surface area (TPSA) is 58.2 Å². The van der Waals surface area contributed by atoms with Gasteiger partial charge in [-0.1, -0.05) is 17.7 Å². The van der Waals surface area contributed by atoms with E-state index in [-0.39, 0.29) is 16.8 Å². The number of amides is 2. The van der Waals surface area contributed by atoms with Gasteiger partial charge in [0.1, 0.15) is 0 Å². The number of benzene rings is 2. The number of hydrogen-bond acceptors (Lipinski definition) is 2. The van der Waals surface area contributed by atoms with Crippen LogP contribution in [0.15, 0.2) is 36.4 Å². The first-order valence-corrected chi connectivity index (χ1v) is 7.83. The number of halogens is 7. The predicted octanol–water partition coefficient (Wildman–Crippen LogP) is 5.26. The van der Waals surface area contributed by atoms with Crippen LogP contribution < -0.4 is 10.6 Å². The molecule has 0 bridgehead atoms. The van der Waals surface area contributed by atoms with E-state index in [0.29, 0.717) is 17.7 Å². The molecule has 0 aliphatic heterocycles. The summed E-state index contributed by atoms with van der Waals surface area (Å²) in [5.41, 5.74) is -3.38. The molecule has 28 heavy (non-hydrogen) atoms. The van der Waals surface area contributed by atoms with Crippen molar-refractivity contribution < 1.29 is 35.9 Å². The lowest BCUT2D eigenvalue weighted by Gasteiger charge is -2.15. The van der Waals surface area contributed by atoms with Gasteiger partial charge in [0, 0.05) is 16.4 Å². The number of rotatable bonds is 2. The van der Waals surface area contributed by atoms with Gasteiger partial charge < -0.3 is 10.6 Å². The predicted molar refractivity (Wildman–Crippen MR) is 89.9 cm³/mol. The number of carbonyl (C=O) groups excluding carboxylic acids is 2. The minimum absolute atomic E-state index is 0.0922. The molecule has 0 unspecified atom stereocenters. The number of aryl methyl sites for hydroxylation is 1. The van der Waals surface area contributed by atoms with E-state index in [1.54, 1.807) is 12.2 Å². The molecule has 0 heterocycles. The molecule has 2 aromatic rings. The second-order valence-electron chi connectivity index (χ2n) is 5.66. The molecule has 4 nitrogen and oxygen atoms in total. The van der Waals surface area contributed by atoms with Crippen molar-refractivity contribution in [3.63, 3.8) is 0 Å². The smallest absolute Gasteiger partial charge is 0.318 e. The Morgan fingerprint density at radius 2 is 1.32 bits per heavy atom. The normalized spacial score (nSPS) is 11.9. The van der Waals surface area contributed by atoms with Crippen molar-refractivity contribution in [3.8, 4) is 0 Å². The maximum absolute atomic E-state index is 12.8. The molecular formula is C17H11ClF6N2O2. The van der Waals surface area contributed by atoms with Crippen LogP contribution in [0.1, 0.15) is 16.7 Å². The first kappa shape index (κ1) is 21.5. The monoisotopic (exact) mass is 424 g/mol. The standard InChI is InChI=1S/C17H11ClF6N2O2/c1-8-2-3-11(18)7-13(8)26-15(28)14(27)25-12-5-9(16(19,20)21)4-10(6-12)17(22,23)24/h2-7H,1H3,(H,25,27)(H,26,28). The van der Waals surface area contributed by atoms with Gasteiger partial charge in [-0.3, -0.25) is 9.59 Å². The minimum Gasteiger partial charge on any atom is -0.318 e. The third-order valence-corrected chi connectivity index (χ3v) is 3.73. The molecule has 2 amide bonds. The highest BCUT2D eigenvalue weighted by atomic mass is 35.5. The molecular weight excluding hydrogens is 414 g/mol. The van der Waals surface area contributed by atoms with E-state index in [1.807, 2.05) is 0 Å². The van der Waals surface area contributed by atoms with Gasteiger partial charge in [-0.2, -0.15) is 26.3 Å². The molecule has 0 atom stereocenters. The summed E-state index contributed by atoms with van der Waals surface area (Å²) < 4.78 is 77.0. The fourth-order valence-corrected chi connectivity index (χ4v) is 2.30. The van der Waals surface area contributed by atoms with Crippen LogP contribution in [-0.4, -0.2) is 11.8 Å². The molecule has 0 spiro atoms. The number of anilines is 2. The molecule has 2 aromatic carbocycles. The molecule has 11 heteroatoms. The summed E-state index contributed by atoms with van der Waals surface area (Å²) in [5.74, 6) is -2.75. The van der Waals surface area contributed by atoms with E-state index in [9.17, 15) is 35.9 Å². The van der Waals surface area contributed by atoms with E-state index in [4.69, 9.17) is 11.6 Å². The van der Waals surface area contributed by atoms with Crippen molar-refractivity contribution in [2.45, 2.75) is 19.3 Å². The van der Waals surface area contributed by atoms with Gasteiger partial charge in [-0.15, -0.1) is 0 Å². The lowest BCUT2D eigenvalue weighted by atomic mass is 10.1. The van der Waals surface area contributed by atoms with E-state index in [0.717, 1.165) is 0 Å². The van der Waals surface area contributed by atoms with Crippen molar-refractivity contribution in [1.82, 2.24) is 0 Å². The average Bonchev–Trinajstić information content (AvgIpc) is 2.56. The summed E-state index contributed by atoms with van der Waals surface area (Å²) in [5, 5.41) is 4.16. The molecule has 0 aliphatic rings. The number of nitrogens with one attached hydrogen (secondary N) is 2. The number of carbonyl (C=O) groups is 2. The van der Waals surface area contributed by atoms with E-state index >= 15 is 0 Å². The van der Waals surface area contributed by atoms with Gasteiger partial charge >= 0.3 is 24.2 Å². The Labute approximate surface area is 159 Å². The molecule has 2 rings (SSSR count). The first-order chi connectivity index (χ1) is 12.8. The van der Waals surface area contributed by atoms with Gasteiger partial charge in [0.15, 0.2) is 0 Å². The molecule has 0 saturated carbocycles. The van der Waals surface area contributed by atoms with Crippen LogP contribution in [0.3, 0.4) is 0 Å². The number of alkyl halides is 6. The Hall–Kier alpha value is -2.75. The van der Waals surface area contributed by atoms with Gasteiger partial charge in [0.25, 0.3) is 0 Å². The molecule has 150 valence electrons. The zero-order valence-corrected chi connectivity index (χ0v) is 14.7. The molecule has 0 aliphatic carbocycles. The van der Waals surface area contributed by atoms with Crippen molar-refractivity contribution in [3.05, 3.63) is 58.1 Å². The Kier molecular flexibility index (Phi) is 5.93. The highest BCUT2D eigenvalue weighted by molar-refractivity contribution is 6.43. The first-order valence-electron chi connectivity index (χ1n) is 7.45. The third-order valence-electron chi connectivity index (χ3n) is 3.50. The third kappa shape index (κ3) is 5.38. The summed E-state index contributed by atoms with van der Waals surface area (Å²) in [6, 6.07) is 4.89. The average molecular weight is 425 g/mol. The van der Waals surface area contributed by atoms with Crippen LogP contribution in [-0.2, 0) is 21.9 Å². The van der Waals surface area contributed by atoms with E-state index in [2.05, 4.69) is 5.32 Å². The number of hydrogen-bond donors (Lipinski definition) is 2. The summed E-state index contributed by atoms with van der Waals surface area (Å²) in [7, 11) is 0. The van der Waals surface area contributed by atoms with Crippen LogP contribution in [0.25, 0.3) is 0 Å².